The van der Waals surface area contributed by atoms with Crippen molar-refractivity contribution < 1.29 is 4.74 Å². The summed E-state index contributed by atoms with van der Waals surface area (Å²) in [5.41, 5.74) is 1.82. The Balaban J connectivity index is 2.37. The number of ether oxygens (including phenoxy) is 1. The molecule has 0 saturated carbocycles. The third kappa shape index (κ3) is 3.48. The summed E-state index contributed by atoms with van der Waals surface area (Å²) in [4.78, 5) is 9.01. The first-order valence-corrected chi connectivity index (χ1v) is 7.28. The molecule has 6 heteroatoms. The third-order valence-corrected chi connectivity index (χ3v) is 3.99. The van der Waals surface area contributed by atoms with Crippen LogP contribution in [0.4, 0.5) is 5.82 Å². The molecule has 20 heavy (non-hydrogen) atoms. The monoisotopic (exact) mass is 355 g/mol. The highest BCUT2D eigenvalue weighted by atomic mass is 79.9. The Bertz CT molecular complexity index is 607. The van der Waals surface area contributed by atoms with Gasteiger partial charge in [-0.05, 0) is 27.6 Å². The third-order valence-electron chi connectivity index (χ3n) is 2.79. The van der Waals surface area contributed by atoms with Crippen LogP contribution in [-0.4, -0.2) is 24.1 Å². The van der Waals surface area contributed by atoms with Crippen LogP contribution in [0, 0.1) is 0 Å². The molecule has 1 N–H and O–H groups in total. The molecule has 1 aromatic heterocycles. The summed E-state index contributed by atoms with van der Waals surface area (Å²) in [6.45, 7) is 0.424. The van der Waals surface area contributed by atoms with Crippen molar-refractivity contribution in [1.29, 1.82) is 0 Å². The minimum atomic E-state index is 0.424. The van der Waals surface area contributed by atoms with Crippen LogP contribution < -0.4 is 5.32 Å². The number of nitrogens with zero attached hydrogens (tertiary/aromatic N) is 2. The smallest absolute Gasteiger partial charge is 0.144 e. The van der Waals surface area contributed by atoms with Gasteiger partial charge in [0.2, 0.25) is 0 Å². The molecule has 0 amide bonds. The molecule has 2 aromatic rings. The van der Waals surface area contributed by atoms with Crippen molar-refractivity contribution in [3.05, 3.63) is 50.8 Å². The largest absolute Gasteiger partial charge is 0.378 e. The van der Waals surface area contributed by atoms with Crippen LogP contribution in [-0.2, 0) is 17.8 Å². The summed E-state index contributed by atoms with van der Waals surface area (Å²) in [7, 11) is 3.46. The lowest BCUT2D eigenvalue weighted by Gasteiger charge is -2.11. The maximum atomic E-state index is 6.17. The van der Waals surface area contributed by atoms with E-state index in [1.165, 1.54) is 0 Å². The normalized spacial score (nSPS) is 10.6. The Morgan fingerprint density at radius 2 is 2.05 bits per heavy atom. The Kier molecular flexibility index (Phi) is 5.34. The lowest BCUT2D eigenvalue weighted by atomic mass is 10.1. The summed E-state index contributed by atoms with van der Waals surface area (Å²) < 4.78 is 5.99. The molecule has 0 aliphatic heterocycles. The average Bonchev–Trinajstić information content (AvgIpc) is 2.45. The van der Waals surface area contributed by atoms with Crippen LogP contribution in [0.1, 0.15) is 17.1 Å². The number of aromatic nitrogens is 2. The van der Waals surface area contributed by atoms with Gasteiger partial charge in [-0.25, -0.2) is 9.97 Å². The molecule has 0 atom stereocenters. The quantitative estimate of drug-likeness (QED) is 0.888. The highest BCUT2D eigenvalue weighted by molar-refractivity contribution is 9.10. The molecule has 0 bridgehead atoms. The second-order valence-electron chi connectivity index (χ2n) is 4.20. The van der Waals surface area contributed by atoms with Crippen molar-refractivity contribution >= 4 is 33.3 Å². The highest BCUT2D eigenvalue weighted by Gasteiger charge is 2.12. The Labute approximate surface area is 131 Å². The van der Waals surface area contributed by atoms with E-state index in [9.17, 15) is 0 Å². The number of hydrogen-bond acceptors (Lipinski definition) is 4. The molecule has 0 aliphatic rings. The molecular weight excluding hydrogens is 342 g/mol. The van der Waals surface area contributed by atoms with Gasteiger partial charge in [-0.2, -0.15) is 0 Å². The number of hydrogen-bond donors (Lipinski definition) is 1. The first-order chi connectivity index (χ1) is 9.65. The number of anilines is 1. The van der Waals surface area contributed by atoms with E-state index in [2.05, 4.69) is 31.2 Å². The van der Waals surface area contributed by atoms with E-state index in [0.717, 1.165) is 26.6 Å². The lowest BCUT2D eigenvalue weighted by Crippen LogP contribution is -2.07. The molecule has 0 saturated heterocycles. The van der Waals surface area contributed by atoms with Crippen molar-refractivity contribution in [1.82, 2.24) is 9.97 Å². The van der Waals surface area contributed by atoms with Crippen LogP contribution in [0.3, 0.4) is 0 Å². The van der Waals surface area contributed by atoms with Gasteiger partial charge in [-0.15, -0.1) is 0 Å². The van der Waals surface area contributed by atoms with E-state index in [1.807, 2.05) is 31.3 Å². The van der Waals surface area contributed by atoms with Crippen molar-refractivity contribution in [2.75, 3.05) is 19.5 Å². The average molecular weight is 357 g/mol. The molecular formula is C14H15BrClN3O. The minimum absolute atomic E-state index is 0.424. The van der Waals surface area contributed by atoms with Gasteiger partial charge in [0.05, 0.1) is 16.8 Å². The topological polar surface area (TPSA) is 47.0 Å². The van der Waals surface area contributed by atoms with Gasteiger partial charge < -0.3 is 10.1 Å². The van der Waals surface area contributed by atoms with Crippen LogP contribution in [0.2, 0.25) is 5.02 Å². The van der Waals surface area contributed by atoms with Gasteiger partial charge in [0.15, 0.2) is 0 Å². The summed E-state index contributed by atoms with van der Waals surface area (Å²) in [5.74, 6) is 1.45. The molecule has 106 valence electrons. The summed E-state index contributed by atoms with van der Waals surface area (Å²) >= 11 is 9.66. The van der Waals surface area contributed by atoms with E-state index in [4.69, 9.17) is 16.3 Å². The van der Waals surface area contributed by atoms with Gasteiger partial charge >= 0.3 is 0 Å². The fourth-order valence-electron chi connectivity index (χ4n) is 1.83. The summed E-state index contributed by atoms with van der Waals surface area (Å²) in [5, 5.41) is 3.77. The highest BCUT2D eigenvalue weighted by Crippen LogP contribution is 2.25. The van der Waals surface area contributed by atoms with Gasteiger partial charge in [0, 0.05) is 25.6 Å². The molecule has 0 radical (unpaired) electrons. The fraction of sp³-hybridized carbons (Fsp3) is 0.286. The fourth-order valence-corrected chi connectivity index (χ4v) is 2.53. The summed E-state index contributed by atoms with van der Waals surface area (Å²) in [6, 6.07) is 7.70. The number of benzene rings is 1. The number of halogens is 2. The first kappa shape index (κ1) is 15.2. The lowest BCUT2D eigenvalue weighted by molar-refractivity contribution is 0.180. The van der Waals surface area contributed by atoms with E-state index >= 15 is 0 Å². The standard InChI is InChI=1S/C14H15BrClN3O/c1-17-14-13(15)11(8-20-2)18-12(19-14)7-9-5-3-4-6-10(9)16/h3-6H,7-8H2,1-2H3,(H,17,18,19). The zero-order chi connectivity index (χ0) is 14.5. The molecule has 1 heterocycles. The number of methoxy groups -OCH3 is 1. The SMILES string of the molecule is CNc1nc(Cc2ccccc2Cl)nc(COC)c1Br. The van der Waals surface area contributed by atoms with Crippen LogP contribution >= 0.6 is 27.5 Å². The molecule has 0 fully saturated rings. The van der Waals surface area contributed by atoms with Gasteiger partial charge in [-0.3, -0.25) is 0 Å². The Morgan fingerprint density at radius 3 is 2.70 bits per heavy atom. The molecule has 2 rings (SSSR count). The van der Waals surface area contributed by atoms with Crippen molar-refractivity contribution in [3.63, 3.8) is 0 Å². The first-order valence-electron chi connectivity index (χ1n) is 6.11. The Morgan fingerprint density at radius 1 is 1.30 bits per heavy atom. The number of rotatable bonds is 5. The van der Waals surface area contributed by atoms with Crippen LogP contribution in [0.15, 0.2) is 28.7 Å². The van der Waals surface area contributed by atoms with Crippen LogP contribution in [0.5, 0.6) is 0 Å². The number of nitrogens with one attached hydrogen (secondary N) is 1. The molecule has 0 spiro atoms. The van der Waals surface area contributed by atoms with Crippen molar-refractivity contribution in [2.45, 2.75) is 13.0 Å². The predicted molar refractivity (Wildman–Crippen MR) is 84.2 cm³/mol. The predicted octanol–water partition coefficient (Wildman–Crippen LogP) is 3.67. The van der Waals surface area contributed by atoms with E-state index in [0.29, 0.717) is 18.9 Å². The molecule has 1 aromatic carbocycles. The van der Waals surface area contributed by atoms with Crippen molar-refractivity contribution in [3.8, 4) is 0 Å². The summed E-state index contributed by atoms with van der Waals surface area (Å²) in [6.07, 6.45) is 0.582. The van der Waals surface area contributed by atoms with Gasteiger partial charge in [0.1, 0.15) is 11.6 Å². The van der Waals surface area contributed by atoms with Crippen LogP contribution in [0.25, 0.3) is 0 Å². The maximum absolute atomic E-state index is 6.17. The molecule has 0 aliphatic carbocycles. The second-order valence-corrected chi connectivity index (χ2v) is 5.40. The van der Waals surface area contributed by atoms with E-state index in [-0.39, 0.29) is 0 Å². The van der Waals surface area contributed by atoms with E-state index < -0.39 is 0 Å². The second kappa shape index (κ2) is 7.02. The maximum Gasteiger partial charge on any atom is 0.144 e. The zero-order valence-corrected chi connectivity index (χ0v) is 13.6. The van der Waals surface area contributed by atoms with Crippen molar-refractivity contribution in [2.24, 2.45) is 0 Å². The van der Waals surface area contributed by atoms with Gasteiger partial charge in [-0.1, -0.05) is 29.8 Å². The molecule has 4 nitrogen and oxygen atoms in total. The van der Waals surface area contributed by atoms with E-state index in [1.54, 1.807) is 7.11 Å². The molecule has 0 unspecified atom stereocenters. The minimum Gasteiger partial charge on any atom is -0.378 e. The van der Waals surface area contributed by atoms with Gasteiger partial charge in [0.25, 0.3) is 0 Å². The zero-order valence-electron chi connectivity index (χ0n) is 11.3. The Hall–Kier alpha value is -1.17.